The SMILES string of the molecule is OC(Cc1ccccc1)Cc1ccccc1.[Ti].c1cc[cH-]c1. The van der Waals surface area contributed by atoms with Crippen LogP contribution in [-0.4, -0.2) is 11.2 Å². The molecule has 0 saturated carbocycles. The second-order valence-electron chi connectivity index (χ2n) is 5.00. The molecule has 1 N–H and O–H groups in total. The number of hydrogen-bond donors (Lipinski definition) is 1. The van der Waals surface area contributed by atoms with Crippen molar-refractivity contribution < 1.29 is 26.8 Å². The fraction of sp³-hybridized carbons (Fsp3) is 0.150. The van der Waals surface area contributed by atoms with Crippen LogP contribution in [0.1, 0.15) is 11.1 Å². The van der Waals surface area contributed by atoms with E-state index in [0.717, 1.165) is 12.8 Å². The largest absolute Gasteiger partial charge is 0.392 e. The van der Waals surface area contributed by atoms with Crippen LogP contribution in [-0.2, 0) is 34.6 Å². The summed E-state index contributed by atoms with van der Waals surface area (Å²) in [6.07, 6.45) is 1.13. The maximum atomic E-state index is 9.96. The molecule has 0 radical (unpaired) electrons. The van der Waals surface area contributed by atoms with Crippen LogP contribution in [0.2, 0.25) is 0 Å². The standard InChI is InChI=1S/C15H16O.C5H5.Ti/c16-15(11-13-7-3-1-4-8-13)12-14-9-5-2-6-10-14;1-2-4-5-3-1;/h1-10,15-16H,11-12H2;1-5H;/q;-1;. The minimum Gasteiger partial charge on any atom is -0.392 e. The minimum atomic E-state index is -0.301. The molecule has 1 nitrogen and oxygen atoms in total. The Balaban J connectivity index is 0.000000344. The molecule has 2 heteroatoms. The third-order valence-electron chi connectivity index (χ3n) is 3.18. The van der Waals surface area contributed by atoms with Crippen LogP contribution < -0.4 is 0 Å². The van der Waals surface area contributed by atoms with Crippen LogP contribution in [0.4, 0.5) is 0 Å². The molecule has 0 aliphatic carbocycles. The molecule has 3 aromatic rings. The van der Waals surface area contributed by atoms with Crippen molar-refractivity contribution in [3.8, 4) is 0 Å². The van der Waals surface area contributed by atoms with E-state index in [1.54, 1.807) is 0 Å². The van der Waals surface area contributed by atoms with Crippen molar-refractivity contribution in [1.82, 2.24) is 0 Å². The first-order chi connectivity index (χ1) is 10.3. The van der Waals surface area contributed by atoms with Crippen molar-refractivity contribution in [2.24, 2.45) is 0 Å². The van der Waals surface area contributed by atoms with Crippen LogP contribution >= 0.6 is 0 Å². The number of hydrogen-bond acceptors (Lipinski definition) is 1. The van der Waals surface area contributed by atoms with Gasteiger partial charge in [0.15, 0.2) is 0 Å². The minimum absolute atomic E-state index is 0. The number of aliphatic hydroxyl groups is 1. The summed E-state index contributed by atoms with van der Waals surface area (Å²) in [4.78, 5) is 0. The third-order valence-corrected chi connectivity index (χ3v) is 3.18. The van der Waals surface area contributed by atoms with Gasteiger partial charge >= 0.3 is 0 Å². The van der Waals surface area contributed by atoms with E-state index in [4.69, 9.17) is 0 Å². The molecule has 0 saturated heterocycles. The first-order valence-corrected chi connectivity index (χ1v) is 7.27. The predicted molar refractivity (Wildman–Crippen MR) is 88.3 cm³/mol. The maximum Gasteiger partial charge on any atom is 0.0620 e. The quantitative estimate of drug-likeness (QED) is 0.562. The van der Waals surface area contributed by atoms with E-state index >= 15 is 0 Å². The molecule has 0 fully saturated rings. The Bertz CT molecular complexity index is 517. The summed E-state index contributed by atoms with van der Waals surface area (Å²) in [6.45, 7) is 0. The van der Waals surface area contributed by atoms with E-state index in [1.165, 1.54) is 11.1 Å². The Hall–Kier alpha value is -1.54. The van der Waals surface area contributed by atoms with Crippen molar-refractivity contribution >= 4 is 0 Å². The van der Waals surface area contributed by atoms with Gasteiger partial charge in [0.2, 0.25) is 0 Å². The zero-order valence-corrected chi connectivity index (χ0v) is 14.2. The van der Waals surface area contributed by atoms with Crippen LogP contribution in [0.5, 0.6) is 0 Å². The van der Waals surface area contributed by atoms with E-state index in [-0.39, 0.29) is 27.8 Å². The van der Waals surface area contributed by atoms with Gasteiger partial charge in [0.05, 0.1) is 6.10 Å². The Morgan fingerprint density at radius 1 is 0.682 bits per heavy atom. The molecule has 0 amide bonds. The van der Waals surface area contributed by atoms with Gasteiger partial charge in [-0.1, -0.05) is 60.7 Å². The molecule has 0 unspecified atom stereocenters. The summed E-state index contributed by atoms with van der Waals surface area (Å²) in [5.41, 5.74) is 2.37. The van der Waals surface area contributed by atoms with Crippen LogP contribution in [0.25, 0.3) is 0 Å². The molecule has 0 aromatic heterocycles. The van der Waals surface area contributed by atoms with Gasteiger partial charge in [-0.2, -0.15) is 18.2 Å². The second kappa shape index (κ2) is 11.1. The van der Waals surface area contributed by atoms with Crippen molar-refractivity contribution in [2.75, 3.05) is 0 Å². The molecule has 3 rings (SSSR count). The van der Waals surface area contributed by atoms with E-state index in [1.807, 2.05) is 91.0 Å². The number of benzene rings is 2. The Kier molecular flexibility index (Phi) is 9.33. The topological polar surface area (TPSA) is 20.2 Å². The molecule has 0 aliphatic heterocycles. The molecule has 0 heterocycles. The molecule has 3 aromatic carbocycles. The van der Waals surface area contributed by atoms with Crippen molar-refractivity contribution in [3.63, 3.8) is 0 Å². The summed E-state index contributed by atoms with van der Waals surface area (Å²) < 4.78 is 0. The van der Waals surface area contributed by atoms with Gasteiger partial charge < -0.3 is 5.11 Å². The van der Waals surface area contributed by atoms with Crippen molar-refractivity contribution in [2.45, 2.75) is 18.9 Å². The zero-order valence-electron chi connectivity index (χ0n) is 12.6. The van der Waals surface area contributed by atoms with Gasteiger partial charge in [-0.05, 0) is 24.0 Å². The van der Waals surface area contributed by atoms with E-state index in [2.05, 4.69) is 0 Å². The van der Waals surface area contributed by atoms with Gasteiger partial charge in [-0.3, -0.25) is 0 Å². The number of rotatable bonds is 4. The van der Waals surface area contributed by atoms with Crippen LogP contribution in [0.15, 0.2) is 91.0 Å². The summed E-state index contributed by atoms with van der Waals surface area (Å²) in [5, 5.41) is 9.96. The molecule has 0 bridgehead atoms. The van der Waals surface area contributed by atoms with E-state index < -0.39 is 0 Å². The Morgan fingerprint density at radius 3 is 1.41 bits per heavy atom. The molecular weight excluding hydrogens is 304 g/mol. The smallest absolute Gasteiger partial charge is 0.0620 e. The Morgan fingerprint density at radius 2 is 1.09 bits per heavy atom. The number of aliphatic hydroxyl groups excluding tert-OH is 1. The van der Waals surface area contributed by atoms with Crippen LogP contribution in [0, 0.1) is 0 Å². The average molecular weight is 325 g/mol. The van der Waals surface area contributed by atoms with Gasteiger partial charge in [-0.15, -0.1) is 0 Å². The summed E-state index contributed by atoms with van der Waals surface area (Å²) >= 11 is 0. The molecule has 22 heavy (non-hydrogen) atoms. The normalized spacial score (nSPS) is 9.55. The third kappa shape index (κ3) is 7.47. The maximum absolute atomic E-state index is 9.96. The molecule has 0 spiro atoms. The van der Waals surface area contributed by atoms with Crippen molar-refractivity contribution in [3.05, 3.63) is 102 Å². The first-order valence-electron chi connectivity index (χ1n) is 7.27. The molecule has 0 atom stereocenters. The average Bonchev–Trinajstić information content (AvgIpc) is 3.09. The molecular formula is C20H21OTi-. The fourth-order valence-corrected chi connectivity index (χ4v) is 2.17. The van der Waals surface area contributed by atoms with Gasteiger partial charge in [0, 0.05) is 21.7 Å². The summed E-state index contributed by atoms with van der Waals surface area (Å²) in [6, 6.07) is 30.2. The van der Waals surface area contributed by atoms with Gasteiger partial charge in [0.25, 0.3) is 0 Å². The summed E-state index contributed by atoms with van der Waals surface area (Å²) in [7, 11) is 0. The zero-order chi connectivity index (χ0) is 14.8. The Labute approximate surface area is 147 Å². The van der Waals surface area contributed by atoms with E-state index in [0.29, 0.717) is 0 Å². The van der Waals surface area contributed by atoms with E-state index in [9.17, 15) is 5.11 Å². The molecule has 112 valence electrons. The first kappa shape index (κ1) is 18.5. The summed E-state index contributed by atoms with van der Waals surface area (Å²) in [5.74, 6) is 0. The monoisotopic (exact) mass is 325 g/mol. The van der Waals surface area contributed by atoms with Gasteiger partial charge in [-0.25, -0.2) is 12.1 Å². The second-order valence-corrected chi connectivity index (χ2v) is 5.00. The molecule has 0 aliphatic rings. The predicted octanol–water partition coefficient (Wildman–Crippen LogP) is 4.24. The van der Waals surface area contributed by atoms with Crippen molar-refractivity contribution in [1.29, 1.82) is 0 Å². The van der Waals surface area contributed by atoms with Crippen LogP contribution in [0.3, 0.4) is 0 Å². The van der Waals surface area contributed by atoms with Gasteiger partial charge in [0.1, 0.15) is 0 Å². The fourth-order valence-electron chi connectivity index (χ4n) is 2.17.